The lowest BCUT2D eigenvalue weighted by atomic mass is 10.0. The topological polar surface area (TPSA) is 47.6 Å². The molecule has 0 atom stereocenters. The van der Waals surface area contributed by atoms with Crippen LogP contribution in [0.2, 0.25) is 5.02 Å². The van der Waals surface area contributed by atoms with Crippen molar-refractivity contribution in [3.63, 3.8) is 0 Å². The molecule has 2 aromatic carbocycles. The van der Waals surface area contributed by atoms with Crippen LogP contribution in [-0.4, -0.2) is 26.2 Å². The van der Waals surface area contributed by atoms with Crippen LogP contribution in [0.5, 0.6) is 5.75 Å². The third-order valence-corrected chi connectivity index (χ3v) is 4.10. The summed E-state index contributed by atoms with van der Waals surface area (Å²) in [6, 6.07) is 13.5. The van der Waals surface area contributed by atoms with Gasteiger partial charge in [-0.05, 0) is 35.6 Å². The molecule has 0 saturated heterocycles. The molecule has 1 amide bonds. The molecule has 0 heterocycles. The maximum Gasteiger partial charge on any atom is 0.228 e. The van der Waals surface area contributed by atoms with E-state index in [-0.39, 0.29) is 5.91 Å². The fourth-order valence-electron chi connectivity index (χ4n) is 2.63. The van der Waals surface area contributed by atoms with Gasteiger partial charge in [0.25, 0.3) is 0 Å². The number of carbonyl (C=O) groups is 1. The molecule has 1 N–H and O–H groups in total. The van der Waals surface area contributed by atoms with E-state index in [0.29, 0.717) is 42.0 Å². The van der Waals surface area contributed by atoms with Crippen molar-refractivity contribution in [1.29, 1.82) is 0 Å². The Balaban J connectivity index is 2.00. The number of amides is 1. The highest BCUT2D eigenvalue weighted by atomic mass is 35.5. The largest absolute Gasteiger partial charge is 0.487 e. The molecule has 2 aromatic rings. The van der Waals surface area contributed by atoms with E-state index in [2.05, 4.69) is 31.3 Å². The molecule has 2 rings (SSSR count). The Morgan fingerprint density at radius 3 is 2.42 bits per heavy atom. The molecule has 0 spiro atoms. The normalized spacial score (nSPS) is 10.8. The van der Waals surface area contributed by atoms with Crippen molar-refractivity contribution in [2.24, 2.45) is 5.92 Å². The first kappa shape index (κ1) is 20.3. The van der Waals surface area contributed by atoms with E-state index in [4.69, 9.17) is 21.1 Å². The van der Waals surface area contributed by atoms with Crippen LogP contribution in [0, 0.1) is 5.92 Å². The van der Waals surface area contributed by atoms with E-state index in [0.717, 1.165) is 12.0 Å². The molecule has 0 saturated carbocycles. The van der Waals surface area contributed by atoms with Crippen molar-refractivity contribution in [2.75, 3.05) is 25.6 Å². The fourth-order valence-corrected chi connectivity index (χ4v) is 2.85. The number of methoxy groups -OCH3 is 1. The van der Waals surface area contributed by atoms with Crippen LogP contribution < -0.4 is 10.1 Å². The molecule has 0 aliphatic carbocycles. The van der Waals surface area contributed by atoms with Crippen LogP contribution in [0.4, 0.5) is 5.69 Å². The lowest BCUT2D eigenvalue weighted by Crippen LogP contribution is -2.16. The summed E-state index contributed by atoms with van der Waals surface area (Å²) in [5.41, 5.74) is 2.82. The van der Waals surface area contributed by atoms with Crippen molar-refractivity contribution < 1.29 is 14.3 Å². The van der Waals surface area contributed by atoms with E-state index < -0.39 is 0 Å². The molecule has 0 radical (unpaired) electrons. The monoisotopic (exact) mass is 375 g/mol. The average molecular weight is 376 g/mol. The third-order valence-electron chi connectivity index (χ3n) is 3.81. The molecule has 26 heavy (non-hydrogen) atoms. The fraction of sp³-hybridized carbons (Fsp3) is 0.381. The highest BCUT2D eigenvalue weighted by Gasteiger charge is 2.12. The van der Waals surface area contributed by atoms with Gasteiger partial charge < -0.3 is 14.8 Å². The van der Waals surface area contributed by atoms with Gasteiger partial charge in [0, 0.05) is 7.11 Å². The van der Waals surface area contributed by atoms with Gasteiger partial charge in [0.15, 0.2) is 5.75 Å². The van der Waals surface area contributed by atoms with Gasteiger partial charge >= 0.3 is 0 Å². The van der Waals surface area contributed by atoms with Gasteiger partial charge in [-0.25, -0.2) is 0 Å². The molecular formula is C21H26ClNO3. The van der Waals surface area contributed by atoms with Gasteiger partial charge in [-0.1, -0.05) is 55.8 Å². The van der Waals surface area contributed by atoms with E-state index in [1.165, 1.54) is 5.56 Å². The lowest BCUT2D eigenvalue weighted by molar-refractivity contribution is -0.115. The lowest BCUT2D eigenvalue weighted by Gasteiger charge is -2.14. The van der Waals surface area contributed by atoms with Crippen LogP contribution in [0.15, 0.2) is 42.5 Å². The van der Waals surface area contributed by atoms with Crippen molar-refractivity contribution in [1.82, 2.24) is 0 Å². The van der Waals surface area contributed by atoms with E-state index in [1.807, 2.05) is 12.1 Å². The third kappa shape index (κ3) is 6.36. The summed E-state index contributed by atoms with van der Waals surface area (Å²) < 4.78 is 10.6. The molecule has 140 valence electrons. The van der Waals surface area contributed by atoms with Gasteiger partial charge in [-0.2, -0.15) is 0 Å². The number of anilines is 1. The molecule has 4 nitrogen and oxygen atoms in total. The molecule has 0 fully saturated rings. The molecule has 5 heteroatoms. The molecule has 0 bridgehead atoms. The zero-order valence-corrected chi connectivity index (χ0v) is 16.3. The Labute approximate surface area is 160 Å². The number of rotatable bonds is 9. The zero-order chi connectivity index (χ0) is 18.9. The van der Waals surface area contributed by atoms with Crippen LogP contribution >= 0.6 is 11.6 Å². The number of ether oxygens (including phenoxy) is 2. The Morgan fingerprint density at radius 2 is 1.77 bits per heavy atom. The molecule has 0 aliphatic heterocycles. The first-order valence-electron chi connectivity index (χ1n) is 8.77. The number of para-hydroxylation sites is 1. The molecular weight excluding hydrogens is 350 g/mol. The summed E-state index contributed by atoms with van der Waals surface area (Å²) in [5.74, 6) is 0.968. The Morgan fingerprint density at radius 1 is 1.08 bits per heavy atom. The summed E-state index contributed by atoms with van der Waals surface area (Å²) >= 11 is 6.19. The van der Waals surface area contributed by atoms with Crippen molar-refractivity contribution in [3.05, 3.63) is 58.6 Å². The van der Waals surface area contributed by atoms with Crippen LogP contribution in [0.25, 0.3) is 0 Å². The summed E-state index contributed by atoms with van der Waals surface area (Å²) in [7, 11) is 1.60. The first-order valence-corrected chi connectivity index (χ1v) is 9.15. The summed E-state index contributed by atoms with van der Waals surface area (Å²) in [4.78, 5) is 12.4. The Bertz CT molecular complexity index is 714. The predicted molar refractivity (Wildman–Crippen MR) is 106 cm³/mol. The number of hydrogen-bond donors (Lipinski definition) is 1. The van der Waals surface area contributed by atoms with E-state index in [1.54, 1.807) is 25.3 Å². The molecule has 0 aromatic heterocycles. The second kappa shape index (κ2) is 10.2. The minimum absolute atomic E-state index is 0.111. The maximum absolute atomic E-state index is 12.4. The van der Waals surface area contributed by atoms with Gasteiger partial charge in [0.2, 0.25) is 5.91 Å². The number of nitrogens with one attached hydrogen (secondary N) is 1. The minimum Gasteiger partial charge on any atom is -0.487 e. The first-order chi connectivity index (χ1) is 12.5. The van der Waals surface area contributed by atoms with Gasteiger partial charge in [-0.3, -0.25) is 4.79 Å². The highest BCUT2D eigenvalue weighted by molar-refractivity contribution is 6.32. The average Bonchev–Trinajstić information content (AvgIpc) is 2.58. The number of hydrogen-bond acceptors (Lipinski definition) is 3. The molecule has 0 unspecified atom stereocenters. The zero-order valence-electron chi connectivity index (χ0n) is 15.5. The number of halogens is 1. The van der Waals surface area contributed by atoms with E-state index >= 15 is 0 Å². The van der Waals surface area contributed by atoms with E-state index in [9.17, 15) is 4.79 Å². The predicted octanol–water partition coefficient (Wildman–Crippen LogP) is 4.74. The van der Waals surface area contributed by atoms with Crippen LogP contribution in [0.3, 0.4) is 0 Å². The highest BCUT2D eigenvalue weighted by Crippen LogP contribution is 2.33. The minimum atomic E-state index is -0.111. The van der Waals surface area contributed by atoms with Crippen molar-refractivity contribution in [2.45, 2.75) is 26.7 Å². The Hall–Kier alpha value is -2.04. The maximum atomic E-state index is 12.4. The number of carbonyl (C=O) groups excluding carboxylic acids is 1. The number of benzene rings is 2. The van der Waals surface area contributed by atoms with Gasteiger partial charge in [0.1, 0.15) is 6.61 Å². The molecule has 0 aliphatic rings. The second-order valence-corrected chi connectivity index (χ2v) is 7.00. The summed E-state index contributed by atoms with van der Waals surface area (Å²) in [6.45, 7) is 5.19. The summed E-state index contributed by atoms with van der Waals surface area (Å²) in [5, 5.41) is 3.34. The second-order valence-electron chi connectivity index (χ2n) is 6.60. The van der Waals surface area contributed by atoms with Crippen LogP contribution in [0.1, 0.15) is 25.0 Å². The van der Waals surface area contributed by atoms with Gasteiger partial charge in [0.05, 0.1) is 23.7 Å². The Kier molecular flexibility index (Phi) is 7.95. The smallest absolute Gasteiger partial charge is 0.228 e. The summed E-state index contributed by atoms with van der Waals surface area (Å²) in [6.07, 6.45) is 1.34. The quantitative estimate of drug-likeness (QED) is 0.643. The SMILES string of the molecule is COCCOc1c(Cl)cccc1NC(=O)Cc1ccc(CC(C)C)cc1. The van der Waals surface area contributed by atoms with Crippen LogP contribution in [-0.2, 0) is 22.4 Å². The van der Waals surface area contributed by atoms with Gasteiger partial charge in [-0.15, -0.1) is 0 Å². The van der Waals surface area contributed by atoms with Crippen molar-refractivity contribution >= 4 is 23.2 Å². The van der Waals surface area contributed by atoms with Crippen molar-refractivity contribution in [3.8, 4) is 5.75 Å². The standard InChI is InChI=1S/C21H26ClNO3/c1-15(2)13-16-7-9-17(10-8-16)14-20(24)23-19-6-4-5-18(22)21(19)26-12-11-25-3/h4-10,15H,11-14H2,1-3H3,(H,23,24).